The summed E-state index contributed by atoms with van der Waals surface area (Å²) in [5.41, 5.74) is 6.87. The molecule has 0 saturated heterocycles. The molecular formula is C14H16ClN3OS. The van der Waals surface area contributed by atoms with Gasteiger partial charge in [0.05, 0.1) is 5.02 Å². The highest BCUT2D eigenvalue weighted by molar-refractivity contribution is 7.99. The summed E-state index contributed by atoms with van der Waals surface area (Å²) in [5, 5.41) is 1.17. The first-order chi connectivity index (χ1) is 9.58. The van der Waals surface area contributed by atoms with Crippen LogP contribution in [0, 0.1) is 0 Å². The average Bonchev–Trinajstić information content (AvgIpc) is 2.42. The van der Waals surface area contributed by atoms with Crippen molar-refractivity contribution >= 4 is 23.4 Å². The zero-order valence-electron chi connectivity index (χ0n) is 11.1. The van der Waals surface area contributed by atoms with Gasteiger partial charge in [0.25, 0.3) is 5.56 Å². The second-order valence-corrected chi connectivity index (χ2v) is 5.92. The Kier molecular flexibility index (Phi) is 5.23. The number of aromatic amines is 1. The molecule has 0 amide bonds. The van der Waals surface area contributed by atoms with Crippen molar-refractivity contribution in [2.75, 3.05) is 0 Å². The second kappa shape index (κ2) is 6.92. The Hall–Kier alpha value is -1.30. The maximum absolute atomic E-state index is 11.2. The van der Waals surface area contributed by atoms with Crippen LogP contribution in [0.3, 0.4) is 0 Å². The third-order valence-corrected chi connectivity index (χ3v) is 4.27. The molecule has 0 saturated carbocycles. The first-order valence-electron chi connectivity index (χ1n) is 6.35. The SMILES string of the molecule is CCC(N)Cc1ccc(Sc2nccc(=O)[nH]2)c(Cl)c1. The zero-order chi connectivity index (χ0) is 14.5. The predicted octanol–water partition coefficient (Wildman–Crippen LogP) is 2.85. The van der Waals surface area contributed by atoms with Crippen molar-refractivity contribution in [1.82, 2.24) is 9.97 Å². The minimum absolute atomic E-state index is 0.150. The molecule has 0 spiro atoms. The van der Waals surface area contributed by atoms with E-state index in [1.165, 1.54) is 24.0 Å². The van der Waals surface area contributed by atoms with Crippen LogP contribution >= 0.6 is 23.4 Å². The third kappa shape index (κ3) is 4.10. The van der Waals surface area contributed by atoms with E-state index in [9.17, 15) is 4.79 Å². The van der Waals surface area contributed by atoms with E-state index in [1.54, 1.807) is 0 Å². The summed E-state index contributed by atoms with van der Waals surface area (Å²) in [5.74, 6) is 0. The minimum atomic E-state index is -0.177. The van der Waals surface area contributed by atoms with Gasteiger partial charge in [0.1, 0.15) is 0 Å². The molecule has 106 valence electrons. The molecule has 20 heavy (non-hydrogen) atoms. The van der Waals surface area contributed by atoms with Crippen LogP contribution < -0.4 is 11.3 Å². The van der Waals surface area contributed by atoms with Crippen LogP contribution in [0.15, 0.2) is 45.3 Å². The van der Waals surface area contributed by atoms with Gasteiger partial charge in [0.15, 0.2) is 5.16 Å². The van der Waals surface area contributed by atoms with E-state index in [0.29, 0.717) is 10.2 Å². The van der Waals surface area contributed by atoms with Gasteiger partial charge >= 0.3 is 0 Å². The van der Waals surface area contributed by atoms with Crippen LogP contribution in [-0.2, 0) is 6.42 Å². The number of hydrogen-bond acceptors (Lipinski definition) is 4. The van der Waals surface area contributed by atoms with Gasteiger partial charge in [-0.15, -0.1) is 0 Å². The highest BCUT2D eigenvalue weighted by atomic mass is 35.5. The number of rotatable bonds is 5. The lowest BCUT2D eigenvalue weighted by atomic mass is 10.1. The quantitative estimate of drug-likeness (QED) is 0.833. The molecule has 1 atom stereocenters. The number of halogens is 1. The summed E-state index contributed by atoms with van der Waals surface area (Å²) in [6, 6.07) is 7.38. The number of benzene rings is 1. The number of nitrogens with zero attached hydrogens (tertiary/aromatic N) is 1. The minimum Gasteiger partial charge on any atom is -0.327 e. The first-order valence-corrected chi connectivity index (χ1v) is 7.55. The third-order valence-electron chi connectivity index (χ3n) is 2.87. The van der Waals surface area contributed by atoms with Crippen molar-refractivity contribution in [3.8, 4) is 0 Å². The Labute approximate surface area is 126 Å². The summed E-state index contributed by atoms with van der Waals surface area (Å²) in [6.45, 7) is 2.06. The van der Waals surface area contributed by atoms with E-state index >= 15 is 0 Å². The summed E-state index contributed by atoms with van der Waals surface area (Å²) in [4.78, 5) is 18.8. The van der Waals surface area contributed by atoms with E-state index in [1.807, 2.05) is 18.2 Å². The number of nitrogens with two attached hydrogens (primary N) is 1. The van der Waals surface area contributed by atoms with E-state index in [4.69, 9.17) is 17.3 Å². The normalized spacial score (nSPS) is 12.3. The summed E-state index contributed by atoms with van der Waals surface area (Å²) >= 11 is 7.60. The van der Waals surface area contributed by atoms with Gasteiger partial charge in [-0.05, 0) is 30.5 Å². The lowest BCUT2D eigenvalue weighted by Crippen LogP contribution is -2.21. The van der Waals surface area contributed by atoms with Crippen molar-refractivity contribution in [1.29, 1.82) is 0 Å². The summed E-state index contributed by atoms with van der Waals surface area (Å²) in [6.07, 6.45) is 3.22. The van der Waals surface area contributed by atoms with Crippen molar-refractivity contribution in [2.45, 2.75) is 35.9 Å². The second-order valence-electron chi connectivity index (χ2n) is 4.48. The van der Waals surface area contributed by atoms with Crippen LogP contribution in [0.25, 0.3) is 0 Å². The molecule has 0 radical (unpaired) electrons. The van der Waals surface area contributed by atoms with E-state index in [2.05, 4.69) is 16.9 Å². The molecule has 3 N–H and O–H groups in total. The topological polar surface area (TPSA) is 71.8 Å². The Morgan fingerprint density at radius 3 is 2.90 bits per heavy atom. The molecular weight excluding hydrogens is 294 g/mol. The fourth-order valence-corrected chi connectivity index (χ4v) is 2.79. The van der Waals surface area contributed by atoms with Gasteiger partial charge in [0.2, 0.25) is 0 Å². The number of H-pyrrole nitrogens is 1. The lowest BCUT2D eigenvalue weighted by molar-refractivity contribution is 0.646. The van der Waals surface area contributed by atoms with Gasteiger partial charge in [-0.3, -0.25) is 4.79 Å². The summed E-state index contributed by atoms with van der Waals surface area (Å²) in [7, 11) is 0. The molecule has 0 aliphatic carbocycles. The van der Waals surface area contributed by atoms with Crippen molar-refractivity contribution in [3.05, 3.63) is 51.4 Å². The molecule has 4 nitrogen and oxygen atoms in total. The molecule has 0 bridgehead atoms. The fourth-order valence-electron chi connectivity index (χ4n) is 1.71. The van der Waals surface area contributed by atoms with E-state index < -0.39 is 0 Å². The molecule has 0 fully saturated rings. The van der Waals surface area contributed by atoms with Gasteiger partial charge in [-0.2, -0.15) is 0 Å². The standard InChI is InChI=1S/C14H16ClN3OS/c1-2-10(16)7-9-3-4-12(11(15)8-9)20-14-17-6-5-13(19)18-14/h3-6,8,10H,2,7,16H2,1H3,(H,17,18,19). The van der Waals surface area contributed by atoms with E-state index in [0.717, 1.165) is 23.3 Å². The maximum Gasteiger partial charge on any atom is 0.251 e. The van der Waals surface area contributed by atoms with Crippen molar-refractivity contribution in [2.24, 2.45) is 5.73 Å². The molecule has 2 aromatic rings. The van der Waals surface area contributed by atoms with Crippen LogP contribution in [0.4, 0.5) is 0 Å². The Balaban J connectivity index is 2.15. The summed E-state index contributed by atoms with van der Waals surface area (Å²) < 4.78 is 0. The zero-order valence-corrected chi connectivity index (χ0v) is 12.7. The monoisotopic (exact) mass is 309 g/mol. The Morgan fingerprint density at radius 2 is 2.25 bits per heavy atom. The highest BCUT2D eigenvalue weighted by Gasteiger charge is 2.08. The Bertz CT molecular complexity index is 644. The Morgan fingerprint density at radius 1 is 1.45 bits per heavy atom. The van der Waals surface area contributed by atoms with Crippen molar-refractivity contribution < 1.29 is 0 Å². The number of nitrogens with one attached hydrogen (secondary N) is 1. The molecule has 1 unspecified atom stereocenters. The highest BCUT2D eigenvalue weighted by Crippen LogP contribution is 2.31. The van der Waals surface area contributed by atoms with Crippen molar-refractivity contribution in [3.63, 3.8) is 0 Å². The van der Waals surface area contributed by atoms with Gasteiger partial charge < -0.3 is 10.7 Å². The predicted molar refractivity (Wildman–Crippen MR) is 82.4 cm³/mol. The lowest BCUT2D eigenvalue weighted by Gasteiger charge is -2.10. The molecule has 1 heterocycles. The maximum atomic E-state index is 11.2. The van der Waals surface area contributed by atoms with Gasteiger partial charge in [-0.1, -0.05) is 36.4 Å². The smallest absolute Gasteiger partial charge is 0.251 e. The molecule has 1 aromatic heterocycles. The molecule has 1 aromatic carbocycles. The molecule has 0 aliphatic rings. The van der Waals surface area contributed by atoms with Crippen LogP contribution in [0.1, 0.15) is 18.9 Å². The van der Waals surface area contributed by atoms with Gasteiger partial charge in [0, 0.05) is 23.2 Å². The van der Waals surface area contributed by atoms with E-state index in [-0.39, 0.29) is 11.6 Å². The first kappa shape index (κ1) is 15.1. The van der Waals surface area contributed by atoms with Crippen LogP contribution in [0.5, 0.6) is 0 Å². The largest absolute Gasteiger partial charge is 0.327 e. The number of hydrogen-bond donors (Lipinski definition) is 2. The molecule has 0 aliphatic heterocycles. The number of aromatic nitrogens is 2. The molecule has 6 heteroatoms. The molecule has 2 rings (SSSR count). The van der Waals surface area contributed by atoms with Crippen LogP contribution in [0.2, 0.25) is 5.02 Å². The van der Waals surface area contributed by atoms with Crippen LogP contribution in [-0.4, -0.2) is 16.0 Å². The fraction of sp³-hybridized carbons (Fsp3) is 0.286. The average molecular weight is 310 g/mol. The van der Waals surface area contributed by atoms with Gasteiger partial charge in [-0.25, -0.2) is 4.98 Å².